The molecule has 3 atom stereocenters. The molecule has 0 bridgehead atoms. The monoisotopic (exact) mass is 620 g/mol. The van der Waals surface area contributed by atoms with Crippen molar-refractivity contribution in [1.29, 1.82) is 0 Å². The van der Waals surface area contributed by atoms with E-state index in [-0.39, 0.29) is 18.0 Å². The number of fused-ring (bicyclic) bond motifs is 1. The fourth-order valence-corrected chi connectivity index (χ4v) is 10.1. The molecule has 0 saturated carbocycles. The number of halogens is 2. The maximum absolute atomic E-state index is 15.5. The first kappa shape index (κ1) is 27.1. The van der Waals surface area contributed by atoms with Crippen molar-refractivity contribution in [1.82, 2.24) is 19.1 Å². The van der Waals surface area contributed by atoms with Gasteiger partial charge in [-0.1, -0.05) is 42.5 Å². The van der Waals surface area contributed by atoms with Crippen LogP contribution in [-0.4, -0.2) is 57.3 Å². The van der Waals surface area contributed by atoms with Gasteiger partial charge in [-0.25, -0.2) is 23.5 Å². The molecule has 0 spiro atoms. The molecule has 40 heavy (non-hydrogen) atoms. The molecule has 4 aromatic rings. The lowest BCUT2D eigenvalue weighted by atomic mass is 10.2. The molecule has 6 rings (SSSR count). The molecule has 0 amide bonds. The zero-order chi connectivity index (χ0) is 28.0. The van der Waals surface area contributed by atoms with Gasteiger partial charge in [0.15, 0.2) is 13.2 Å². The van der Waals surface area contributed by atoms with E-state index >= 15 is 4.39 Å². The molecule has 3 heterocycles. The van der Waals surface area contributed by atoms with Gasteiger partial charge in [-0.2, -0.15) is 5.10 Å². The highest BCUT2D eigenvalue weighted by atomic mass is 79.9. The van der Waals surface area contributed by atoms with Gasteiger partial charge in [0.25, 0.3) is 0 Å². The number of aromatic nitrogens is 2. The number of amidine groups is 1. The van der Waals surface area contributed by atoms with Gasteiger partial charge in [0.1, 0.15) is 11.7 Å². The van der Waals surface area contributed by atoms with E-state index in [2.05, 4.69) is 39.1 Å². The number of ether oxygens (including phenoxy) is 1. The minimum Gasteiger partial charge on any atom is -0.373 e. The van der Waals surface area contributed by atoms with E-state index in [1.165, 1.54) is 6.07 Å². The van der Waals surface area contributed by atoms with Crippen LogP contribution in [0.3, 0.4) is 0 Å². The van der Waals surface area contributed by atoms with Gasteiger partial charge >= 0.3 is 0 Å². The smallest absolute Gasteiger partial charge is 0.170 e. The van der Waals surface area contributed by atoms with Crippen molar-refractivity contribution in [3.8, 4) is 5.69 Å². The molecule has 206 valence electrons. The standard InChI is InChI=1S/C30H31BrFN6OP/c1-20-18-37(19-21(2)39-20)40(35-27-17-11-9-15-25(27)31)28-22(3)34-38(23-12-6-5-7-13-23)30(28)33-29(36(40)4)24-14-8-10-16-26(24)32/h5-17,20-21H,18-19H2,1-4H3. The molecule has 7 nitrogen and oxygen atoms in total. The molecule has 1 aromatic heterocycles. The highest BCUT2D eigenvalue weighted by Crippen LogP contribution is 2.62. The highest BCUT2D eigenvalue weighted by molar-refractivity contribution is 9.10. The van der Waals surface area contributed by atoms with Gasteiger partial charge in [0.05, 0.1) is 40.1 Å². The average molecular weight is 621 g/mol. The van der Waals surface area contributed by atoms with Crippen molar-refractivity contribution in [3.63, 3.8) is 0 Å². The Labute approximate surface area is 242 Å². The zero-order valence-corrected chi connectivity index (χ0v) is 25.3. The minimum absolute atomic E-state index is 0.00728. The third-order valence-electron chi connectivity index (χ3n) is 7.25. The van der Waals surface area contributed by atoms with E-state index in [9.17, 15) is 0 Å². The van der Waals surface area contributed by atoms with Gasteiger partial charge in [-0.3, -0.25) is 0 Å². The minimum atomic E-state index is -2.85. The van der Waals surface area contributed by atoms with Crippen LogP contribution in [0.5, 0.6) is 0 Å². The molecule has 10 heteroatoms. The molecule has 1 saturated heterocycles. The summed E-state index contributed by atoms with van der Waals surface area (Å²) >= 11 is 3.74. The largest absolute Gasteiger partial charge is 0.373 e. The maximum atomic E-state index is 15.5. The van der Waals surface area contributed by atoms with Crippen LogP contribution in [0.4, 0.5) is 15.9 Å². The Morgan fingerprint density at radius 3 is 2.30 bits per heavy atom. The summed E-state index contributed by atoms with van der Waals surface area (Å²) in [6.45, 7) is 7.53. The molecule has 3 aromatic carbocycles. The van der Waals surface area contributed by atoms with E-state index in [0.29, 0.717) is 30.3 Å². The summed E-state index contributed by atoms with van der Waals surface area (Å²) in [5, 5.41) is 6.00. The van der Waals surface area contributed by atoms with Crippen LogP contribution in [0, 0.1) is 12.7 Å². The normalized spacial score (nSPS) is 23.1. The number of aryl methyl sites for hydroxylation is 1. The van der Waals surface area contributed by atoms with E-state index < -0.39 is 7.36 Å². The van der Waals surface area contributed by atoms with Gasteiger partial charge in [0.2, 0.25) is 0 Å². The molecule has 0 aliphatic carbocycles. The quantitative estimate of drug-likeness (QED) is 0.226. The summed E-state index contributed by atoms with van der Waals surface area (Å²) in [4.78, 5) is 5.15. The van der Waals surface area contributed by atoms with Crippen LogP contribution in [-0.2, 0) is 4.74 Å². The fraction of sp³-hybridized carbons (Fsp3) is 0.267. The molecule has 0 N–H and O–H groups in total. The number of hydrogen-bond donors (Lipinski definition) is 0. The topological polar surface area (TPSA) is 58.3 Å². The Balaban J connectivity index is 1.74. The number of nitrogens with zero attached hydrogens (tertiary/aromatic N) is 6. The van der Waals surface area contributed by atoms with Crippen molar-refractivity contribution in [2.24, 2.45) is 9.74 Å². The SMILES string of the molecule is Cc1nn(-c2ccccc2)c2c1P(=Nc1ccccc1Br)(N1CC(C)OC(C)C1)N(C)C(c1ccccc1F)=N2. The predicted octanol–water partition coefficient (Wildman–Crippen LogP) is 7.20. The van der Waals surface area contributed by atoms with E-state index in [0.717, 1.165) is 26.8 Å². The third-order valence-corrected chi connectivity index (χ3v) is 11.7. The first-order valence-electron chi connectivity index (χ1n) is 13.3. The summed E-state index contributed by atoms with van der Waals surface area (Å²) in [5.74, 6) is 0.872. The molecule has 2 aliphatic heterocycles. The van der Waals surface area contributed by atoms with Crippen LogP contribution in [0.25, 0.3) is 5.69 Å². The average Bonchev–Trinajstić information content (AvgIpc) is 3.28. The fourth-order valence-electron chi connectivity index (χ4n) is 5.61. The molecule has 0 radical (unpaired) electrons. The predicted molar refractivity (Wildman–Crippen MR) is 163 cm³/mol. The summed E-state index contributed by atoms with van der Waals surface area (Å²) in [7, 11) is -0.856. The summed E-state index contributed by atoms with van der Waals surface area (Å²) in [6.07, 6.45) is -0.0146. The first-order valence-corrected chi connectivity index (χ1v) is 15.7. The molecule has 1 fully saturated rings. The van der Waals surface area contributed by atoms with Crippen LogP contribution in [0.1, 0.15) is 25.1 Å². The van der Waals surface area contributed by atoms with Gasteiger partial charge < -0.3 is 9.41 Å². The van der Waals surface area contributed by atoms with Crippen LogP contribution >= 0.6 is 23.3 Å². The van der Waals surface area contributed by atoms with E-state index in [1.807, 2.05) is 79.3 Å². The highest BCUT2D eigenvalue weighted by Gasteiger charge is 2.47. The number of aliphatic imine (C=N–C) groups is 1. The lowest BCUT2D eigenvalue weighted by Gasteiger charge is -2.49. The lowest BCUT2D eigenvalue weighted by Crippen LogP contribution is -2.50. The third kappa shape index (κ3) is 4.55. The zero-order valence-electron chi connectivity index (χ0n) is 22.9. The Morgan fingerprint density at radius 1 is 0.950 bits per heavy atom. The Kier molecular flexibility index (Phi) is 7.25. The molecule has 2 aliphatic rings. The summed E-state index contributed by atoms with van der Waals surface area (Å²) in [5.41, 5.74) is 2.98. The van der Waals surface area contributed by atoms with Crippen molar-refractivity contribution in [3.05, 3.63) is 100 Å². The number of morpholine rings is 1. The Bertz CT molecular complexity index is 1650. The number of benzene rings is 3. The van der Waals surface area contributed by atoms with Gasteiger partial charge in [-0.05, 0) is 73.1 Å². The maximum Gasteiger partial charge on any atom is 0.170 e. The Morgan fingerprint density at radius 2 is 1.60 bits per heavy atom. The number of rotatable bonds is 4. The number of hydrogen-bond acceptors (Lipinski definition) is 4. The summed E-state index contributed by atoms with van der Waals surface area (Å²) < 4.78 is 34.6. The second-order valence-electron chi connectivity index (χ2n) is 10.2. The van der Waals surface area contributed by atoms with Crippen molar-refractivity contribution < 1.29 is 9.13 Å². The summed E-state index contributed by atoms with van der Waals surface area (Å²) in [6, 6.07) is 24.7. The van der Waals surface area contributed by atoms with Crippen molar-refractivity contribution in [2.75, 3.05) is 20.1 Å². The van der Waals surface area contributed by atoms with Gasteiger partial charge in [0, 0.05) is 24.6 Å². The van der Waals surface area contributed by atoms with E-state index in [4.69, 9.17) is 19.6 Å². The van der Waals surface area contributed by atoms with Crippen LogP contribution < -0.4 is 5.30 Å². The van der Waals surface area contributed by atoms with Crippen molar-refractivity contribution in [2.45, 2.75) is 33.0 Å². The molecular weight excluding hydrogens is 590 g/mol. The van der Waals surface area contributed by atoms with Crippen LogP contribution in [0.2, 0.25) is 0 Å². The second kappa shape index (κ2) is 10.7. The second-order valence-corrected chi connectivity index (χ2v) is 14.0. The van der Waals surface area contributed by atoms with Crippen molar-refractivity contribution >= 4 is 45.9 Å². The Hall–Kier alpha value is -3.10. The lowest BCUT2D eigenvalue weighted by molar-refractivity contribution is -0.0442. The number of para-hydroxylation sites is 1. The van der Waals surface area contributed by atoms with E-state index in [1.54, 1.807) is 12.1 Å². The first-order chi connectivity index (χ1) is 19.3. The molecule has 3 unspecified atom stereocenters. The van der Waals surface area contributed by atoms with Gasteiger partial charge in [-0.15, -0.1) is 0 Å². The van der Waals surface area contributed by atoms with Crippen LogP contribution in [0.15, 0.2) is 93.1 Å². The molecular formula is C30H31BrFN6OP.